The molecule has 0 radical (unpaired) electrons. The van der Waals surface area contributed by atoms with Crippen LogP contribution in [0, 0.1) is 11.3 Å². The van der Waals surface area contributed by atoms with Crippen LogP contribution in [-0.4, -0.2) is 61.1 Å². The third-order valence-corrected chi connectivity index (χ3v) is 0. The van der Waals surface area contributed by atoms with Crippen LogP contribution in [-0.2, 0) is 20.8 Å². The van der Waals surface area contributed by atoms with Gasteiger partial charge in [0, 0.05) is 6.92 Å². The molecule has 12 heteroatoms. The summed E-state index contributed by atoms with van der Waals surface area (Å²) in [5, 5.41) is 7.32. The SMILES string of the molecule is CC#N.CN(C)C.O=S(=O)(O)O.O=S(=O)(O)O. The van der Waals surface area contributed by atoms with Gasteiger partial charge in [0.1, 0.15) is 0 Å². The van der Waals surface area contributed by atoms with Gasteiger partial charge >= 0.3 is 20.8 Å². The minimum Gasteiger partial charge on any atom is -0.312 e. The molecular weight excluding hydrogens is 280 g/mol. The van der Waals surface area contributed by atoms with Crippen LogP contribution < -0.4 is 0 Å². The Morgan fingerprint density at radius 2 is 0.882 bits per heavy atom. The standard InChI is InChI=1S/C3H9N.C2H3N.2H2O4S/c1-4(2)3;1-2-3;2*1-5(2,3)4/h1-3H3;1H3;2*(H2,1,2,3,4). The average Bonchev–Trinajstić information content (AvgIpc) is 1.74. The first kappa shape index (κ1) is 25.1. The largest absolute Gasteiger partial charge is 0.394 e. The summed E-state index contributed by atoms with van der Waals surface area (Å²) in [6, 6.07) is 1.75. The third-order valence-electron chi connectivity index (χ3n) is 0. The van der Waals surface area contributed by atoms with Crippen LogP contribution in [0.5, 0.6) is 0 Å². The summed E-state index contributed by atoms with van der Waals surface area (Å²) in [6.07, 6.45) is 0. The zero-order valence-electron chi connectivity index (χ0n) is 9.63. The molecule has 17 heavy (non-hydrogen) atoms. The van der Waals surface area contributed by atoms with E-state index < -0.39 is 20.8 Å². The van der Waals surface area contributed by atoms with Crippen molar-refractivity contribution in [3.05, 3.63) is 0 Å². The van der Waals surface area contributed by atoms with E-state index in [0.29, 0.717) is 0 Å². The van der Waals surface area contributed by atoms with Gasteiger partial charge in [0.2, 0.25) is 0 Å². The van der Waals surface area contributed by atoms with Gasteiger partial charge < -0.3 is 4.90 Å². The fourth-order valence-corrected chi connectivity index (χ4v) is 0. The van der Waals surface area contributed by atoms with E-state index in [9.17, 15) is 0 Å². The van der Waals surface area contributed by atoms with E-state index in [1.807, 2.05) is 26.0 Å². The molecule has 0 spiro atoms. The zero-order chi connectivity index (χ0) is 15.3. The molecule has 0 aromatic carbocycles. The molecule has 0 aromatic heterocycles. The molecule has 0 aliphatic heterocycles. The first-order valence-corrected chi connectivity index (χ1v) is 6.26. The van der Waals surface area contributed by atoms with Gasteiger partial charge in [-0.3, -0.25) is 18.2 Å². The molecule has 0 unspecified atom stereocenters. The van der Waals surface area contributed by atoms with Crippen LogP contribution in [0.1, 0.15) is 6.92 Å². The molecule has 0 saturated carbocycles. The van der Waals surface area contributed by atoms with Gasteiger partial charge in [-0.05, 0) is 21.1 Å². The van der Waals surface area contributed by atoms with E-state index in [0.717, 1.165) is 0 Å². The Morgan fingerprint density at radius 1 is 0.882 bits per heavy atom. The number of nitriles is 1. The van der Waals surface area contributed by atoms with Crippen LogP contribution in [0.3, 0.4) is 0 Å². The van der Waals surface area contributed by atoms with Crippen molar-refractivity contribution < 1.29 is 35.0 Å². The minimum absolute atomic E-state index is 1.43. The molecule has 0 fully saturated rings. The van der Waals surface area contributed by atoms with Crippen molar-refractivity contribution in [2.75, 3.05) is 21.1 Å². The Kier molecular flexibility index (Phi) is 19.6. The molecular formula is C5H16N2O8S2. The number of hydrogen-bond donors (Lipinski definition) is 4. The molecule has 0 bridgehead atoms. The van der Waals surface area contributed by atoms with Gasteiger partial charge in [-0.25, -0.2) is 0 Å². The number of nitrogens with zero attached hydrogens (tertiary/aromatic N) is 2. The topological polar surface area (TPSA) is 176 Å². The van der Waals surface area contributed by atoms with Gasteiger partial charge in [0.25, 0.3) is 0 Å². The zero-order valence-corrected chi connectivity index (χ0v) is 11.3. The van der Waals surface area contributed by atoms with Crippen molar-refractivity contribution in [3.8, 4) is 6.07 Å². The second-order valence-corrected chi connectivity index (χ2v) is 4.25. The lowest BCUT2D eigenvalue weighted by Gasteiger charge is -1.90. The number of hydrogen-bond acceptors (Lipinski definition) is 6. The lowest BCUT2D eigenvalue weighted by atomic mass is 11.0. The monoisotopic (exact) mass is 296 g/mol. The van der Waals surface area contributed by atoms with E-state index in [2.05, 4.69) is 0 Å². The third kappa shape index (κ3) is 4030. The Hall–Kier alpha value is -0.810. The predicted molar refractivity (Wildman–Crippen MR) is 59.3 cm³/mol. The van der Waals surface area contributed by atoms with Crippen molar-refractivity contribution in [3.63, 3.8) is 0 Å². The highest BCUT2D eigenvalue weighted by atomic mass is 32.3. The quantitative estimate of drug-likeness (QED) is 0.422. The fourth-order valence-electron chi connectivity index (χ4n) is 0. The number of rotatable bonds is 0. The second kappa shape index (κ2) is 13.3. The van der Waals surface area contributed by atoms with Crippen LogP contribution in [0.15, 0.2) is 0 Å². The highest BCUT2D eigenvalue weighted by molar-refractivity contribution is 7.80. The lowest BCUT2D eigenvalue weighted by Crippen LogP contribution is -1.99. The van der Waals surface area contributed by atoms with Crippen molar-refractivity contribution in [2.45, 2.75) is 6.92 Å². The summed E-state index contributed by atoms with van der Waals surface area (Å²) in [7, 11) is -3.33. The van der Waals surface area contributed by atoms with Crippen molar-refractivity contribution >= 4 is 20.8 Å². The molecule has 4 N–H and O–H groups in total. The average molecular weight is 296 g/mol. The Labute approximate surface area is 101 Å². The summed E-state index contributed by atoms with van der Waals surface area (Å²) < 4.78 is 63.2. The maximum absolute atomic E-state index is 8.74. The maximum Gasteiger partial charge on any atom is 0.394 e. The maximum atomic E-state index is 8.74. The summed E-state index contributed by atoms with van der Waals surface area (Å²) in [5.41, 5.74) is 0. The summed E-state index contributed by atoms with van der Waals surface area (Å²) >= 11 is 0. The van der Waals surface area contributed by atoms with Crippen LogP contribution in [0.25, 0.3) is 0 Å². The Morgan fingerprint density at radius 3 is 0.882 bits per heavy atom. The molecule has 0 aliphatic rings. The molecule has 0 amide bonds. The molecule has 0 aliphatic carbocycles. The van der Waals surface area contributed by atoms with E-state index in [1.54, 1.807) is 6.07 Å². The van der Waals surface area contributed by atoms with Gasteiger partial charge in [-0.15, -0.1) is 0 Å². The highest BCUT2D eigenvalue weighted by Crippen LogP contribution is 1.59. The molecule has 10 nitrogen and oxygen atoms in total. The van der Waals surface area contributed by atoms with Gasteiger partial charge in [-0.2, -0.15) is 22.1 Å². The van der Waals surface area contributed by atoms with E-state index in [1.165, 1.54) is 6.92 Å². The van der Waals surface area contributed by atoms with Gasteiger partial charge in [-0.1, -0.05) is 0 Å². The normalized spacial score (nSPS) is 9.41. The predicted octanol–water partition coefficient (Wildman–Crippen LogP) is -0.598. The molecule has 0 heterocycles. The second-order valence-electron chi connectivity index (χ2n) is 2.46. The van der Waals surface area contributed by atoms with Crippen molar-refractivity contribution in [1.29, 1.82) is 5.26 Å². The summed E-state index contributed by atoms with van der Waals surface area (Å²) in [4.78, 5) is 2.00. The van der Waals surface area contributed by atoms with E-state index in [-0.39, 0.29) is 0 Å². The van der Waals surface area contributed by atoms with Gasteiger partial charge in [0.15, 0.2) is 0 Å². The van der Waals surface area contributed by atoms with Crippen molar-refractivity contribution in [1.82, 2.24) is 4.90 Å². The minimum atomic E-state index is -4.67. The Bertz CT molecular complexity index is 330. The first-order chi connectivity index (χ1) is 7.15. The lowest BCUT2D eigenvalue weighted by molar-refractivity contribution is 0.378. The molecule has 0 rings (SSSR count). The summed E-state index contributed by atoms with van der Waals surface area (Å²) in [6.45, 7) is 1.43. The molecule has 0 atom stereocenters. The van der Waals surface area contributed by atoms with Crippen LogP contribution in [0.2, 0.25) is 0 Å². The smallest absolute Gasteiger partial charge is 0.312 e. The van der Waals surface area contributed by atoms with Crippen LogP contribution in [0.4, 0.5) is 0 Å². The fraction of sp³-hybridized carbons (Fsp3) is 0.800. The summed E-state index contributed by atoms with van der Waals surface area (Å²) in [5.74, 6) is 0. The Balaban J connectivity index is -0.0000000676. The first-order valence-electron chi connectivity index (χ1n) is 3.46. The van der Waals surface area contributed by atoms with Crippen LogP contribution >= 0.6 is 0 Å². The molecule has 0 saturated heterocycles. The van der Waals surface area contributed by atoms with Crippen molar-refractivity contribution in [2.24, 2.45) is 0 Å². The van der Waals surface area contributed by atoms with E-state index >= 15 is 0 Å². The van der Waals surface area contributed by atoms with E-state index in [4.69, 9.17) is 40.3 Å². The highest BCUT2D eigenvalue weighted by Gasteiger charge is 1.85. The molecule has 0 aromatic rings. The molecule has 106 valence electrons. The van der Waals surface area contributed by atoms with Gasteiger partial charge in [0.05, 0.1) is 6.07 Å².